The second-order valence-corrected chi connectivity index (χ2v) is 3.98. The van der Waals surface area contributed by atoms with Crippen molar-refractivity contribution >= 4 is 15.6 Å². The molecule has 67 valence electrons. The Morgan fingerprint density at radius 3 is 2.54 bits per heavy atom. The van der Waals surface area contributed by atoms with Gasteiger partial charge in [0.2, 0.25) is 0 Å². The predicted octanol–water partition coefficient (Wildman–Crippen LogP) is 1.06. The lowest BCUT2D eigenvalue weighted by Gasteiger charge is -1.93. The van der Waals surface area contributed by atoms with Gasteiger partial charge in [-0.05, 0) is 18.2 Å². The zero-order valence-electron chi connectivity index (χ0n) is 6.54. The predicted molar refractivity (Wildman–Crippen MR) is 45.3 cm³/mol. The highest BCUT2D eigenvalue weighted by atomic mass is 32.2. The fourth-order valence-electron chi connectivity index (χ4n) is 1.24. The Bertz CT molecular complexity index is 541. The fourth-order valence-corrected chi connectivity index (χ4v) is 1.90. The van der Waals surface area contributed by atoms with Crippen LogP contribution in [0.3, 0.4) is 0 Å². The van der Waals surface area contributed by atoms with Gasteiger partial charge in [0.05, 0.1) is 5.52 Å². The molecule has 0 saturated heterocycles. The SMILES string of the molecule is [O]S(=O)(=O)c1ccn2ccccc12. The number of pyridine rings is 1. The van der Waals surface area contributed by atoms with Gasteiger partial charge in [0, 0.05) is 12.4 Å². The van der Waals surface area contributed by atoms with Crippen LogP contribution in [0.4, 0.5) is 0 Å². The maximum atomic E-state index is 10.7. The van der Waals surface area contributed by atoms with E-state index in [4.69, 9.17) is 0 Å². The maximum Gasteiger partial charge on any atom is 0.326 e. The summed E-state index contributed by atoms with van der Waals surface area (Å²) in [5.41, 5.74) is 0.414. The standard InChI is InChI=1S/C8H6NO3S/c10-13(11,12)8-4-6-9-5-2-1-3-7(8)9/h1-6H. The topological polar surface area (TPSA) is 58.5 Å². The van der Waals surface area contributed by atoms with Gasteiger partial charge in [-0.25, -0.2) is 0 Å². The summed E-state index contributed by atoms with van der Waals surface area (Å²) in [6.07, 6.45) is 3.23. The molecule has 2 aromatic rings. The van der Waals surface area contributed by atoms with Gasteiger partial charge < -0.3 is 4.40 Å². The van der Waals surface area contributed by atoms with E-state index < -0.39 is 10.1 Å². The summed E-state index contributed by atoms with van der Waals surface area (Å²) in [6.45, 7) is 0. The lowest BCUT2D eigenvalue weighted by atomic mass is 10.4. The average Bonchev–Trinajstić information content (AvgIpc) is 2.45. The summed E-state index contributed by atoms with van der Waals surface area (Å²) < 4.78 is 33.8. The van der Waals surface area contributed by atoms with E-state index in [9.17, 15) is 13.0 Å². The van der Waals surface area contributed by atoms with Crippen molar-refractivity contribution in [1.29, 1.82) is 0 Å². The number of rotatable bonds is 1. The number of hydrogen-bond acceptors (Lipinski definition) is 2. The minimum atomic E-state index is -4.36. The molecule has 2 aromatic heterocycles. The van der Waals surface area contributed by atoms with Crippen LogP contribution in [0.15, 0.2) is 41.6 Å². The first-order valence-corrected chi connectivity index (χ1v) is 5.01. The van der Waals surface area contributed by atoms with Gasteiger partial charge in [0.15, 0.2) is 0 Å². The molecular formula is C8H6NO3S. The first-order chi connectivity index (χ1) is 6.09. The van der Waals surface area contributed by atoms with Crippen molar-refractivity contribution in [3.05, 3.63) is 36.7 Å². The van der Waals surface area contributed by atoms with Crippen LogP contribution in [-0.2, 0) is 14.7 Å². The summed E-state index contributed by atoms with van der Waals surface area (Å²) in [4.78, 5) is -0.173. The van der Waals surface area contributed by atoms with Gasteiger partial charge in [-0.3, -0.25) is 0 Å². The third kappa shape index (κ3) is 1.32. The van der Waals surface area contributed by atoms with Crippen LogP contribution < -0.4 is 0 Å². The van der Waals surface area contributed by atoms with Gasteiger partial charge in [0.25, 0.3) is 0 Å². The average molecular weight is 196 g/mol. The molecule has 5 heteroatoms. The Hall–Kier alpha value is -1.33. The third-order valence-corrected chi connectivity index (χ3v) is 2.68. The van der Waals surface area contributed by atoms with E-state index in [0.29, 0.717) is 5.52 Å². The molecule has 0 unspecified atom stereocenters. The Balaban J connectivity index is 2.87. The molecule has 0 fully saturated rings. The summed E-state index contributed by atoms with van der Waals surface area (Å²) in [5, 5.41) is 0. The second-order valence-electron chi connectivity index (χ2n) is 2.63. The van der Waals surface area contributed by atoms with E-state index in [-0.39, 0.29) is 4.90 Å². The van der Waals surface area contributed by atoms with Gasteiger partial charge in [-0.15, -0.1) is 0 Å². The highest BCUT2D eigenvalue weighted by Crippen LogP contribution is 2.17. The number of aromatic nitrogens is 1. The van der Waals surface area contributed by atoms with Crippen LogP contribution >= 0.6 is 0 Å². The summed E-state index contributed by atoms with van der Waals surface area (Å²) >= 11 is 0. The van der Waals surface area contributed by atoms with Gasteiger partial charge in [-0.2, -0.15) is 8.42 Å². The van der Waals surface area contributed by atoms with Crippen LogP contribution in [0.2, 0.25) is 0 Å². The number of nitrogens with zero attached hydrogens (tertiary/aromatic N) is 1. The highest BCUT2D eigenvalue weighted by Gasteiger charge is 2.15. The van der Waals surface area contributed by atoms with E-state index in [1.165, 1.54) is 6.07 Å². The van der Waals surface area contributed by atoms with Crippen LogP contribution in [-0.4, -0.2) is 12.8 Å². The molecule has 0 aromatic carbocycles. The van der Waals surface area contributed by atoms with Crippen LogP contribution in [0.1, 0.15) is 0 Å². The van der Waals surface area contributed by atoms with Crippen molar-refractivity contribution in [1.82, 2.24) is 4.40 Å². The van der Waals surface area contributed by atoms with Gasteiger partial charge in [-0.1, -0.05) is 10.6 Å². The van der Waals surface area contributed by atoms with Crippen molar-refractivity contribution < 1.29 is 13.0 Å². The molecule has 0 aliphatic carbocycles. The molecule has 0 N–H and O–H groups in total. The van der Waals surface area contributed by atoms with E-state index >= 15 is 0 Å². The molecule has 0 amide bonds. The van der Waals surface area contributed by atoms with E-state index in [2.05, 4.69) is 0 Å². The molecule has 4 nitrogen and oxygen atoms in total. The normalized spacial score (nSPS) is 12.1. The smallest absolute Gasteiger partial charge is 0.322 e. The van der Waals surface area contributed by atoms with Crippen molar-refractivity contribution in [3.63, 3.8) is 0 Å². The highest BCUT2D eigenvalue weighted by molar-refractivity contribution is 7.85. The Kier molecular flexibility index (Phi) is 1.64. The monoisotopic (exact) mass is 196 g/mol. The van der Waals surface area contributed by atoms with Crippen molar-refractivity contribution in [2.24, 2.45) is 0 Å². The third-order valence-electron chi connectivity index (χ3n) is 1.80. The lowest BCUT2D eigenvalue weighted by molar-refractivity contribution is 0.415. The minimum Gasteiger partial charge on any atom is -0.322 e. The maximum absolute atomic E-state index is 10.7. The van der Waals surface area contributed by atoms with E-state index in [1.807, 2.05) is 0 Å². The Morgan fingerprint density at radius 1 is 1.08 bits per heavy atom. The van der Waals surface area contributed by atoms with Crippen molar-refractivity contribution in [2.75, 3.05) is 0 Å². The molecular weight excluding hydrogens is 190 g/mol. The number of hydrogen-bond donors (Lipinski definition) is 0. The molecule has 0 spiro atoms. The Morgan fingerprint density at radius 2 is 1.85 bits per heavy atom. The van der Waals surface area contributed by atoms with E-state index in [1.54, 1.807) is 35.0 Å². The van der Waals surface area contributed by atoms with Crippen molar-refractivity contribution in [3.8, 4) is 0 Å². The summed E-state index contributed by atoms with van der Waals surface area (Å²) in [7, 11) is -4.36. The zero-order chi connectivity index (χ0) is 9.47. The van der Waals surface area contributed by atoms with Crippen LogP contribution in [0.25, 0.3) is 5.52 Å². The first-order valence-electron chi connectivity index (χ1n) is 3.60. The lowest BCUT2D eigenvalue weighted by Crippen LogP contribution is -1.94. The van der Waals surface area contributed by atoms with Gasteiger partial charge >= 0.3 is 10.1 Å². The number of fused-ring (bicyclic) bond motifs is 1. The first kappa shape index (κ1) is 8.28. The summed E-state index contributed by atoms with van der Waals surface area (Å²) in [6, 6.07) is 6.33. The molecule has 0 saturated carbocycles. The summed E-state index contributed by atoms with van der Waals surface area (Å²) in [5.74, 6) is 0. The molecule has 2 rings (SSSR count). The fraction of sp³-hybridized carbons (Fsp3) is 0. The van der Waals surface area contributed by atoms with Gasteiger partial charge in [0.1, 0.15) is 4.90 Å². The van der Waals surface area contributed by atoms with Crippen molar-refractivity contribution in [2.45, 2.75) is 4.90 Å². The van der Waals surface area contributed by atoms with Crippen LogP contribution in [0, 0.1) is 0 Å². The van der Waals surface area contributed by atoms with Crippen LogP contribution in [0.5, 0.6) is 0 Å². The molecule has 0 aliphatic rings. The molecule has 13 heavy (non-hydrogen) atoms. The quantitative estimate of drug-likeness (QED) is 0.684. The molecule has 0 bridgehead atoms. The minimum absolute atomic E-state index is 0.173. The zero-order valence-corrected chi connectivity index (χ0v) is 7.36. The largest absolute Gasteiger partial charge is 0.326 e. The Labute approximate surface area is 75.2 Å². The van der Waals surface area contributed by atoms with E-state index in [0.717, 1.165) is 0 Å². The molecule has 0 atom stereocenters. The molecule has 2 heterocycles. The molecule has 0 aliphatic heterocycles. The molecule has 1 radical (unpaired) electrons. The second kappa shape index (κ2) is 2.58.